The average molecular weight is 246 g/mol. The molecule has 1 unspecified atom stereocenters. The molecular formula is C14H18N2S. The van der Waals surface area contributed by atoms with Crippen molar-refractivity contribution in [3.63, 3.8) is 0 Å². The van der Waals surface area contributed by atoms with Gasteiger partial charge in [0.2, 0.25) is 0 Å². The highest BCUT2D eigenvalue weighted by atomic mass is 32.1. The molecule has 0 spiro atoms. The number of aromatic nitrogens is 1. The van der Waals surface area contributed by atoms with Crippen LogP contribution in [0, 0.1) is 6.92 Å². The largest absolute Gasteiger partial charge is 0.313 e. The summed E-state index contributed by atoms with van der Waals surface area (Å²) in [5.41, 5.74) is 2.59. The molecule has 0 aromatic carbocycles. The van der Waals surface area contributed by atoms with Gasteiger partial charge in [0.15, 0.2) is 0 Å². The number of nitrogens with one attached hydrogen (secondary N) is 1. The average Bonchev–Trinajstić information content (AvgIpc) is 2.78. The first kappa shape index (κ1) is 12.3. The second-order valence-electron chi connectivity index (χ2n) is 4.13. The van der Waals surface area contributed by atoms with Gasteiger partial charge >= 0.3 is 0 Å². The monoisotopic (exact) mass is 246 g/mol. The smallest absolute Gasteiger partial charge is 0.0404 e. The summed E-state index contributed by atoms with van der Waals surface area (Å²) >= 11 is 1.81. The Morgan fingerprint density at radius 1 is 1.35 bits per heavy atom. The first-order valence-electron chi connectivity index (χ1n) is 5.92. The number of hydrogen-bond donors (Lipinski definition) is 1. The van der Waals surface area contributed by atoms with E-state index in [1.54, 1.807) is 0 Å². The van der Waals surface area contributed by atoms with E-state index in [1.807, 2.05) is 36.7 Å². The van der Waals surface area contributed by atoms with Crippen molar-refractivity contribution in [1.29, 1.82) is 0 Å². The van der Waals surface area contributed by atoms with E-state index in [2.05, 4.69) is 34.7 Å². The molecule has 17 heavy (non-hydrogen) atoms. The quantitative estimate of drug-likeness (QED) is 0.875. The summed E-state index contributed by atoms with van der Waals surface area (Å²) in [6, 6.07) is 8.75. The first-order chi connectivity index (χ1) is 8.31. The molecule has 1 N–H and O–H groups in total. The Morgan fingerprint density at radius 2 is 2.24 bits per heavy atom. The van der Waals surface area contributed by atoms with Crippen LogP contribution >= 0.6 is 11.3 Å². The highest BCUT2D eigenvalue weighted by Crippen LogP contribution is 2.25. The fourth-order valence-electron chi connectivity index (χ4n) is 2.05. The lowest BCUT2D eigenvalue weighted by Gasteiger charge is -2.16. The second-order valence-corrected chi connectivity index (χ2v) is 5.25. The van der Waals surface area contributed by atoms with Gasteiger partial charge in [-0.2, -0.15) is 0 Å². The zero-order chi connectivity index (χ0) is 12.1. The summed E-state index contributed by atoms with van der Waals surface area (Å²) in [7, 11) is 2.03. The van der Waals surface area contributed by atoms with Gasteiger partial charge < -0.3 is 5.32 Å². The van der Waals surface area contributed by atoms with Crippen LogP contribution in [-0.2, 0) is 6.42 Å². The van der Waals surface area contributed by atoms with E-state index in [-0.39, 0.29) is 0 Å². The standard InChI is InChI=1S/C14H18N2S/c1-11-13(8-10-17-11)14(15-2)7-6-12-5-3-4-9-16-12/h3-5,8-10,14-15H,6-7H2,1-2H3. The Kier molecular flexibility index (Phi) is 4.29. The van der Waals surface area contributed by atoms with Crippen LogP contribution in [0.3, 0.4) is 0 Å². The van der Waals surface area contributed by atoms with Crippen molar-refractivity contribution in [1.82, 2.24) is 10.3 Å². The molecule has 2 aromatic heterocycles. The Morgan fingerprint density at radius 3 is 2.82 bits per heavy atom. The minimum atomic E-state index is 0.434. The van der Waals surface area contributed by atoms with E-state index >= 15 is 0 Å². The van der Waals surface area contributed by atoms with E-state index < -0.39 is 0 Å². The second kappa shape index (κ2) is 5.94. The molecule has 0 saturated carbocycles. The fraction of sp³-hybridized carbons (Fsp3) is 0.357. The number of hydrogen-bond acceptors (Lipinski definition) is 3. The molecule has 2 nitrogen and oxygen atoms in total. The van der Waals surface area contributed by atoms with Gasteiger partial charge in [0, 0.05) is 22.8 Å². The minimum absolute atomic E-state index is 0.434. The lowest BCUT2D eigenvalue weighted by molar-refractivity contribution is 0.545. The molecule has 1 atom stereocenters. The SMILES string of the molecule is CNC(CCc1ccccn1)c1ccsc1C. The lowest BCUT2D eigenvalue weighted by Crippen LogP contribution is -2.17. The van der Waals surface area contributed by atoms with Crippen molar-refractivity contribution >= 4 is 11.3 Å². The Balaban J connectivity index is 2.00. The maximum Gasteiger partial charge on any atom is 0.0404 e. The lowest BCUT2D eigenvalue weighted by atomic mass is 10.0. The molecule has 0 amide bonds. The molecule has 0 fully saturated rings. The number of rotatable bonds is 5. The van der Waals surface area contributed by atoms with Crippen LogP contribution in [0.4, 0.5) is 0 Å². The van der Waals surface area contributed by atoms with Gasteiger partial charge in [-0.05, 0) is 56.0 Å². The third kappa shape index (κ3) is 3.14. The molecule has 0 aliphatic carbocycles. The summed E-state index contributed by atoms with van der Waals surface area (Å²) in [6.07, 6.45) is 3.96. The first-order valence-corrected chi connectivity index (χ1v) is 6.80. The van der Waals surface area contributed by atoms with Gasteiger partial charge in [0.1, 0.15) is 0 Å². The van der Waals surface area contributed by atoms with Crippen molar-refractivity contribution in [2.45, 2.75) is 25.8 Å². The third-order valence-electron chi connectivity index (χ3n) is 3.04. The number of aryl methyl sites for hydroxylation is 2. The minimum Gasteiger partial charge on any atom is -0.313 e. The van der Waals surface area contributed by atoms with E-state index in [1.165, 1.54) is 16.1 Å². The van der Waals surface area contributed by atoms with E-state index in [9.17, 15) is 0 Å². The number of nitrogens with zero attached hydrogens (tertiary/aromatic N) is 1. The highest BCUT2D eigenvalue weighted by molar-refractivity contribution is 7.10. The Labute approximate surface area is 107 Å². The predicted octanol–water partition coefficient (Wildman–Crippen LogP) is 3.34. The molecule has 0 aliphatic heterocycles. The fourth-order valence-corrected chi connectivity index (χ4v) is 2.82. The highest BCUT2D eigenvalue weighted by Gasteiger charge is 2.12. The Bertz CT molecular complexity index is 450. The van der Waals surface area contributed by atoms with Gasteiger partial charge in [0.05, 0.1) is 0 Å². The van der Waals surface area contributed by atoms with Gasteiger partial charge in [-0.25, -0.2) is 0 Å². The molecule has 90 valence electrons. The van der Waals surface area contributed by atoms with Gasteiger partial charge in [-0.3, -0.25) is 4.98 Å². The molecule has 2 heterocycles. The third-order valence-corrected chi connectivity index (χ3v) is 3.90. The van der Waals surface area contributed by atoms with Gasteiger partial charge in [-0.1, -0.05) is 6.07 Å². The van der Waals surface area contributed by atoms with Crippen molar-refractivity contribution in [2.24, 2.45) is 0 Å². The van der Waals surface area contributed by atoms with Crippen molar-refractivity contribution in [3.05, 3.63) is 52.0 Å². The summed E-state index contributed by atoms with van der Waals surface area (Å²) in [4.78, 5) is 5.77. The number of pyridine rings is 1. The van der Waals surface area contributed by atoms with Crippen molar-refractivity contribution in [3.8, 4) is 0 Å². The molecule has 0 saturated heterocycles. The molecular weight excluding hydrogens is 228 g/mol. The van der Waals surface area contributed by atoms with Crippen LogP contribution in [0.2, 0.25) is 0 Å². The van der Waals surface area contributed by atoms with E-state index in [4.69, 9.17) is 0 Å². The van der Waals surface area contributed by atoms with E-state index in [0.717, 1.165) is 12.8 Å². The van der Waals surface area contributed by atoms with Crippen LogP contribution in [0.1, 0.15) is 28.6 Å². The molecule has 3 heteroatoms. The molecule has 2 rings (SSSR count). The number of thiophene rings is 1. The summed E-state index contributed by atoms with van der Waals surface area (Å²) in [5.74, 6) is 0. The summed E-state index contributed by atoms with van der Waals surface area (Å²) < 4.78 is 0. The summed E-state index contributed by atoms with van der Waals surface area (Å²) in [5, 5.41) is 5.56. The maximum absolute atomic E-state index is 4.36. The zero-order valence-corrected chi connectivity index (χ0v) is 11.1. The molecule has 0 bridgehead atoms. The van der Waals surface area contributed by atoms with E-state index in [0.29, 0.717) is 6.04 Å². The molecule has 0 radical (unpaired) electrons. The van der Waals surface area contributed by atoms with Crippen LogP contribution in [0.15, 0.2) is 35.8 Å². The maximum atomic E-state index is 4.36. The molecule has 2 aromatic rings. The van der Waals surface area contributed by atoms with Crippen LogP contribution < -0.4 is 5.32 Å². The van der Waals surface area contributed by atoms with Crippen molar-refractivity contribution < 1.29 is 0 Å². The van der Waals surface area contributed by atoms with Crippen LogP contribution in [-0.4, -0.2) is 12.0 Å². The normalized spacial score (nSPS) is 12.6. The van der Waals surface area contributed by atoms with Crippen LogP contribution in [0.5, 0.6) is 0 Å². The molecule has 0 aliphatic rings. The Hall–Kier alpha value is -1.19. The van der Waals surface area contributed by atoms with Crippen molar-refractivity contribution in [2.75, 3.05) is 7.05 Å². The topological polar surface area (TPSA) is 24.9 Å². The zero-order valence-electron chi connectivity index (χ0n) is 10.3. The predicted molar refractivity (Wildman–Crippen MR) is 73.4 cm³/mol. The van der Waals surface area contributed by atoms with Gasteiger partial charge in [-0.15, -0.1) is 11.3 Å². The summed E-state index contributed by atoms with van der Waals surface area (Å²) in [6.45, 7) is 2.19. The van der Waals surface area contributed by atoms with Crippen LogP contribution in [0.25, 0.3) is 0 Å². The van der Waals surface area contributed by atoms with Gasteiger partial charge in [0.25, 0.3) is 0 Å².